The van der Waals surface area contributed by atoms with Gasteiger partial charge >= 0.3 is 0 Å². The zero-order chi connectivity index (χ0) is 10.4. The predicted octanol–water partition coefficient (Wildman–Crippen LogP) is 2.44. The molecule has 0 unspecified atom stereocenters. The number of likely N-dealkylation sites (N-methyl/N-ethyl adjacent to an activating group) is 1. The van der Waals surface area contributed by atoms with E-state index < -0.39 is 0 Å². The molecule has 0 aliphatic heterocycles. The highest BCUT2D eigenvalue weighted by Gasteiger charge is 1.95. The molecule has 1 aromatic rings. The first kappa shape index (κ1) is 10.8. The second-order valence-corrected chi connectivity index (χ2v) is 3.28. The van der Waals surface area contributed by atoms with Crippen molar-refractivity contribution in [2.24, 2.45) is 0 Å². The number of nitriles is 1. The van der Waals surface area contributed by atoms with Gasteiger partial charge in [0.25, 0.3) is 0 Å². The average molecular weight is 207 g/mol. The minimum Gasteiger partial charge on any atom is -0.316 e. The lowest BCUT2D eigenvalue weighted by Crippen LogP contribution is -2.03. The molecule has 0 spiro atoms. The molecule has 1 N–H and O–H groups in total. The molecule has 0 amide bonds. The van der Waals surface area contributed by atoms with E-state index in [4.69, 9.17) is 16.9 Å². The van der Waals surface area contributed by atoms with Crippen LogP contribution in [0.25, 0.3) is 6.08 Å². The fraction of sp³-hybridized carbons (Fsp3) is 0.182. The third-order valence-corrected chi connectivity index (χ3v) is 1.90. The van der Waals surface area contributed by atoms with Crippen LogP contribution in [0, 0.1) is 11.3 Å². The van der Waals surface area contributed by atoms with E-state index in [9.17, 15) is 0 Å². The quantitative estimate of drug-likeness (QED) is 0.825. The van der Waals surface area contributed by atoms with Gasteiger partial charge in [-0.05, 0) is 30.8 Å². The fourth-order valence-corrected chi connectivity index (χ4v) is 1.33. The lowest BCUT2D eigenvalue weighted by atomic mass is 10.1. The van der Waals surface area contributed by atoms with Crippen LogP contribution in [0.15, 0.2) is 24.3 Å². The second kappa shape index (κ2) is 5.43. The topological polar surface area (TPSA) is 35.8 Å². The Hall–Kier alpha value is -1.30. The van der Waals surface area contributed by atoms with Crippen molar-refractivity contribution in [3.05, 3.63) is 40.4 Å². The third-order valence-electron chi connectivity index (χ3n) is 1.68. The maximum atomic E-state index is 8.71. The molecule has 0 aliphatic rings. The van der Waals surface area contributed by atoms with E-state index in [1.807, 2.05) is 25.3 Å². The van der Waals surface area contributed by atoms with Crippen LogP contribution in [0.1, 0.15) is 11.1 Å². The summed E-state index contributed by atoms with van der Waals surface area (Å²) in [6, 6.07) is 7.35. The molecular formula is C11H11ClN2. The van der Waals surface area contributed by atoms with Crippen LogP contribution >= 0.6 is 11.6 Å². The zero-order valence-electron chi connectivity index (χ0n) is 7.92. The van der Waals surface area contributed by atoms with E-state index in [0.717, 1.165) is 12.1 Å². The number of halogens is 1. The molecule has 72 valence electrons. The molecule has 0 bridgehead atoms. The Morgan fingerprint density at radius 1 is 1.50 bits per heavy atom. The van der Waals surface area contributed by atoms with Gasteiger partial charge in [-0.15, -0.1) is 0 Å². The first-order valence-electron chi connectivity index (χ1n) is 4.28. The summed E-state index contributed by atoms with van der Waals surface area (Å²) in [4.78, 5) is 0. The summed E-state index contributed by atoms with van der Waals surface area (Å²) in [6.45, 7) is 0.800. The first-order chi connectivity index (χ1) is 6.76. The summed E-state index contributed by atoms with van der Waals surface area (Å²) in [5, 5.41) is 12.3. The molecule has 0 fully saturated rings. The molecule has 0 heterocycles. The molecule has 1 aromatic carbocycles. The summed E-state index contributed by atoms with van der Waals surface area (Å²) < 4.78 is 0. The van der Waals surface area contributed by atoms with Crippen molar-refractivity contribution >= 4 is 17.7 Å². The van der Waals surface area contributed by atoms with Crippen molar-refractivity contribution < 1.29 is 0 Å². The highest BCUT2D eigenvalue weighted by Crippen LogP contribution is 2.15. The minimum atomic E-state index is 0.585. The molecule has 1 rings (SSSR count). The van der Waals surface area contributed by atoms with E-state index in [2.05, 4.69) is 11.4 Å². The van der Waals surface area contributed by atoms with E-state index in [-0.39, 0.29) is 0 Å². The molecule has 2 nitrogen and oxygen atoms in total. The number of nitrogens with one attached hydrogen (secondary N) is 1. The summed E-state index contributed by atoms with van der Waals surface area (Å²) in [5.41, 5.74) is 1.53. The second-order valence-electron chi connectivity index (χ2n) is 2.85. The Labute approximate surface area is 88.8 Å². The van der Waals surface area contributed by atoms with Crippen LogP contribution in [0.2, 0.25) is 5.02 Å². The lowest BCUT2D eigenvalue weighted by molar-refractivity contribution is 0.922. The number of hydrogen-bond acceptors (Lipinski definition) is 2. The van der Waals surface area contributed by atoms with Crippen molar-refractivity contribution in [2.45, 2.75) is 0 Å². The minimum absolute atomic E-state index is 0.585. The van der Waals surface area contributed by atoms with Gasteiger partial charge < -0.3 is 5.32 Å². The normalized spacial score (nSPS) is 10.4. The molecule has 0 atom stereocenters. The van der Waals surface area contributed by atoms with Gasteiger partial charge in [0.2, 0.25) is 0 Å². The van der Waals surface area contributed by atoms with Crippen molar-refractivity contribution in [1.29, 1.82) is 5.26 Å². The predicted molar refractivity (Wildman–Crippen MR) is 59.1 cm³/mol. The van der Waals surface area contributed by atoms with E-state index in [1.165, 1.54) is 0 Å². The third kappa shape index (κ3) is 3.21. The molecule has 3 heteroatoms. The van der Waals surface area contributed by atoms with Gasteiger partial charge in [-0.3, -0.25) is 0 Å². The fourth-order valence-electron chi connectivity index (χ4n) is 1.09. The van der Waals surface area contributed by atoms with Gasteiger partial charge in [0, 0.05) is 11.6 Å². The average Bonchev–Trinajstić information content (AvgIpc) is 2.17. The van der Waals surface area contributed by atoms with Gasteiger partial charge in [0.05, 0.1) is 11.6 Å². The number of benzene rings is 1. The Morgan fingerprint density at radius 3 is 2.93 bits per heavy atom. The molecule has 14 heavy (non-hydrogen) atoms. The highest BCUT2D eigenvalue weighted by molar-refractivity contribution is 6.30. The molecule has 0 saturated carbocycles. The number of rotatable bonds is 3. The van der Waals surface area contributed by atoms with Crippen LogP contribution < -0.4 is 5.32 Å². The van der Waals surface area contributed by atoms with Crippen molar-refractivity contribution in [1.82, 2.24) is 5.32 Å². The Kier molecular flexibility index (Phi) is 4.18. The van der Waals surface area contributed by atoms with E-state index in [0.29, 0.717) is 10.6 Å². The van der Waals surface area contributed by atoms with Crippen molar-refractivity contribution in [2.75, 3.05) is 13.6 Å². The SMILES string of the molecule is CNCC=Cc1cc(Cl)cc(C#N)c1. The van der Waals surface area contributed by atoms with Crippen LogP contribution in [-0.2, 0) is 0 Å². The summed E-state index contributed by atoms with van der Waals surface area (Å²) in [7, 11) is 1.88. The Bertz CT molecular complexity index is 377. The molecule has 0 radical (unpaired) electrons. The number of nitrogens with zero attached hydrogens (tertiary/aromatic N) is 1. The Morgan fingerprint density at radius 2 is 2.29 bits per heavy atom. The molecular weight excluding hydrogens is 196 g/mol. The summed E-state index contributed by atoms with van der Waals surface area (Å²) in [5.74, 6) is 0. The largest absolute Gasteiger partial charge is 0.316 e. The van der Waals surface area contributed by atoms with Crippen LogP contribution in [-0.4, -0.2) is 13.6 Å². The van der Waals surface area contributed by atoms with Crippen molar-refractivity contribution in [3.63, 3.8) is 0 Å². The van der Waals surface area contributed by atoms with Gasteiger partial charge in [0.15, 0.2) is 0 Å². The maximum Gasteiger partial charge on any atom is 0.0992 e. The van der Waals surface area contributed by atoms with Gasteiger partial charge in [0.1, 0.15) is 0 Å². The lowest BCUT2D eigenvalue weighted by Gasteiger charge is -1.96. The van der Waals surface area contributed by atoms with Crippen molar-refractivity contribution in [3.8, 4) is 6.07 Å². The van der Waals surface area contributed by atoms with E-state index >= 15 is 0 Å². The standard InChI is InChI=1S/C11H11ClN2/c1-14-4-2-3-9-5-10(8-13)7-11(12)6-9/h2-3,5-7,14H,4H2,1H3. The zero-order valence-corrected chi connectivity index (χ0v) is 8.67. The monoisotopic (exact) mass is 206 g/mol. The van der Waals surface area contributed by atoms with Gasteiger partial charge in [-0.25, -0.2) is 0 Å². The first-order valence-corrected chi connectivity index (χ1v) is 4.66. The summed E-state index contributed by atoms with van der Waals surface area (Å²) in [6.07, 6.45) is 3.91. The van der Waals surface area contributed by atoms with Gasteiger partial charge in [-0.1, -0.05) is 23.8 Å². The summed E-state index contributed by atoms with van der Waals surface area (Å²) >= 11 is 5.84. The van der Waals surface area contributed by atoms with Gasteiger partial charge in [-0.2, -0.15) is 5.26 Å². The smallest absolute Gasteiger partial charge is 0.0992 e. The molecule has 0 aliphatic carbocycles. The number of hydrogen-bond donors (Lipinski definition) is 1. The highest BCUT2D eigenvalue weighted by atomic mass is 35.5. The van der Waals surface area contributed by atoms with Crippen LogP contribution in [0.5, 0.6) is 0 Å². The molecule has 0 aromatic heterocycles. The van der Waals surface area contributed by atoms with Crippen LogP contribution in [0.4, 0.5) is 0 Å². The molecule has 0 saturated heterocycles. The van der Waals surface area contributed by atoms with E-state index in [1.54, 1.807) is 12.1 Å². The van der Waals surface area contributed by atoms with Crippen LogP contribution in [0.3, 0.4) is 0 Å². The maximum absolute atomic E-state index is 8.71. The Balaban J connectivity index is 2.88.